The Kier molecular flexibility index (Phi) is 30.3. The van der Waals surface area contributed by atoms with Crippen LogP contribution in [0.25, 0.3) is 173 Å². The van der Waals surface area contributed by atoms with Crippen molar-refractivity contribution >= 4 is 196 Å². The molecule has 0 atom stereocenters. The minimum Gasteiger partial charge on any atom is -0.459 e. The lowest BCUT2D eigenvalue weighted by molar-refractivity contribution is 0.503. The lowest BCUT2D eigenvalue weighted by Gasteiger charge is -2.07. The van der Waals surface area contributed by atoms with Crippen molar-refractivity contribution in [2.75, 3.05) is 0 Å². The first-order valence-electron chi connectivity index (χ1n) is 53.5. The van der Waals surface area contributed by atoms with E-state index in [1.54, 1.807) is 0 Å². The number of aromatic amines is 10. The van der Waals surface area contributed by atoms with Gasteiger partial charge in [-0.25, -0.2) is 19.9 Å². The highest BCUT2D eigenvalue weighted by molar-refractivity contribution is 7.20. The summed E-state index contributed by atoms with van der Waals surface area (Å²) in [6, 6.07) is 61.7. The Balaban J connectivity index is 0.000000114. The number of benzene rings is 8. The molecule has 146 heavy (non-hydrogen) atoms. The molecule has 764 valence electrons. The van der Waals surface area contributed by atoms with Gasteiger partial charge in [-0.05, 0) is 168 Å². The normalized spacial score (nSPS) is 12.3. The SMILES string of the molecule is CC(C)c1cc2ccc3[nH]c(C(C)C)nc3c2[nH]1.CC(C)c1cc2ccc3cc(C(C)C)[nH]c3c2[nH]1.CC(C)c1cc2ccc3cc(C(C)C)n(C)c3c2[nH]1.CC(C)c1cc2ccc3cc(C(C)C)oc3c2[nH]1.CC(C)c1cc2ccc3cc(C(C)C)sc3c2[nH]1.CC(C)c1cc2ccc3nc(C(C)C)n(C)c3c2[nH]1.CC(C)c1cc2ccc3nc(C(C)C)oc3c2[nH]1.CC(C)c1cc2ccc3nc(C(C)C)sc3c2[nH]1. The third kappa shape index (κ3) is 21.2. The van der Waals surface area contributed by atoms with Gasteiger partial charge in [0.15, 0.2) is 17.1 Å². The molecule has 0 aliphatic carbocycles. The molecular formula is C126H156N16O2S2. The smallest absolute Gasteiger partial charge is 0.198 e. The number of nitrogens with zero attached hydrogens (tertiary/aromatic N) is 6. The number of oxazole rings is 1. The molecule has 0 saturated carbocycles. The number of aromatic nitrogens is 16. The van der Waals surface area contributed by atoms with Crippen LogP contribution < -0.4 is 0 Å². The van der Waals surface area contributed by atoms with E-state index >= 15 is 0 Å². The summed E-state index contributed by atoms with van der Waals surface area (Å²) < 4.78 is 19.2. The van der Waals surface area contributed by atoms with Crippen LogP contribution >= 0.6 is 22.7 Å². The van der Waals surface area contributed by atoms with Gasteiger partial charge in [0.25, 0.3) is 0 Å². The second-order valence-corrected chi connectivity index (χ2v) is 47.7. The maximum absolute atomic E-state index is 6.00. The van der Waals surface area contributed by atoms with Crippen molar-refractivity contribution in [2.45, 2.75) is 316 Å². The van der Waals surface area contributed by atoms with E-state index < -0.39 is 0 Å². The number of fused-ring (bicyclic) bond motifs is 24. The number of rotatable bonds is 16. The Morgan fingerprint density at radius 3 is 1.06 bits per heavy atom. The number of hydrogen-bond donors (Lipinski definition) is 10. The van der Waals surface area contributed by atoms with E-state index in [1.807, 2.05) is 28.7 Å². The Labute approximate surface area is 868 Å². The first kappa shape index (κ1) is 104. The molecule has 0 radical (unpaired) electrons. The highest BCUT2D eigenvalue weighted by Crippen LogP contribution is 2.43. The van der Waals surface area contributed by atoms with Crippen molar-refractivity contribution in [2.24, 2.45) is 14.1 Å². The number of hydrogen-bond acceptors (Lipinski definition) is 8. The van der Waals surface area contributed by atoms with Gasteiger partial charge >= 0.3 is 0 Å². The molecule has 10 N–H and O–H groups in total. The fourth-order valence-corrected chi connectivity index (χ4v) is 21.7. The van der Waals surface area contributed by atoms with Gasteiger partial charge in [0.1, 0.15) is 28.4 Å². The van der Waals surface area contributed by atoms with Crippen molar-refractivity contribution in [3.8, 4) is 0 Å². The van der Waals surface area contributed by atoms with Crippen LogP contribution in [-0.2, 0) is 14.1 Å². The maximum Gasteiger partial charge on any atom is 0.198 e. The lowest BCUT2D eigenvalue weighted by atomic mass is 10.1. The Bertz CT molecular complexity index is 7260. The van der Waals surface area contributed by atoms with Gasteiger partial charge in [0, 0.05) is 165 Å². The standard InChI is InChI=1S/C17H22N2.C16H21N3.C16H20N2.C16H19NO.C16H19NS.C15H19N3.C15H18N2O.C15H18N2S/c1-10(2)14-8-12-6-7-13-9-15(11(3)4)19(5)17(13)16(12)18-14;1-9(2)13-8-11-6-7-12-15(14(11)17-13)19(5)16(18-12)10(3)4;3*1-9(2)13-7-11-5-6-12-8-14(10(3)4)18-16(12)15(11)17-13;3*1-8(2)12-7-10-5-6-11-14(13(10)16-12)18-15(17-11)9(3)4/h6-11,18H,1-5H3;6-10,17H,1-5H3;5-10,17-18H,1-4H3;2*5-10,17H,1-4H3;5-9,16H,1-4H3,(H,17,18);2*5-9,16H,1-4H3. The van der Waals surface area contributed by atoms with Gasteiger partial charge in [-0.2, -0.15) is 0 Å². The number of furan rings is 1. The average Bonchev–Trinajstić information content (AvgIpc) is 1.60. The lowest BCUT2D eigenvalue weighted by Crippen LogP contribution is -1.99. The zero-order valence-electron chi connectivity index (χ0n) is 92.7. The van der Waals surface area contributed by atoms with E-state index in [0.717, 1.165) is 78.6 Å². The van der Waals surface area contributed by atoms with Gasteiger partial charge in [-0.1, -0.05) is 294 Å². The van der Waals surface area contributed by atoms with Gasteiger partial charge in [0.2, 0.25) is 0 Å². The molecule has 20 heteroatoms. The van der Waals surface area contributed by atoms with Crippen LogP contribution in [0, 0.1) is 0 Å². The van der Waals surface area contributed by atoms with E-state index in [4.69, 9.17) is 23.8 Å². The Morgan fingerprint density at radius 2 is 0.616 bits per heavy atom. The predicted molar refractivity (Wildman–Crippen MR) is 630 cm³/mol. The molecule has 0 fully saturated rings. The predicted octanol–water partition coefficient (Wildman–Crippen LogP) is 38.8. The average molecular weight is 1990 g/mol. The van der Waals surface area contributed by atoms with E-state index in [0.29, 0.717) is 94.7 Å². The van der Waals surface area contributed by atoms with Crippen LogP contribution in [0.2, 0.25) is 0 Å². The summed E-state index contributed by atoms with van der Waals surface area (Å²) in [5, 5.41) is 16.6. The largest absolute Gasteiger partial charge is 0.459 e. The van der Waals surface area contributed by atoms with Gasteiger partial charge in [0.05, 0.1) is 91.6 Å². The molecule has 0 aliphatic heterocycles. The first-order valence-corrected chi connectivity index (χ1v) is 55.2. The number of aryl methyl sites for hydroxylation is 2. The topological polar surface area (TPSA) is 246 Å². The summed E-state index contributed by atoms with van der Waals surface area (Å²) in [6.07, 6.45) is 0. The summed E-state index contributed by atoms with van der Waals surface area (Å²) in [6.45, 7) is 70.4. The maximum atomic E-state index is 6.00. The van der Waals surface area contributed by atoms with Gasteiger partial charge in [-0.15, -0.1) is 22.7 Å². The monoisotopic (exact) mass is 1990 g/mol. The minimum atomic E-state index is 0.312. The van der Waals surface area contributed by atoms with Crippen LogP contribution in [0.3, 0.4) is 0 Å². The second kappa shape index (κ2) is 42.4. The molecule has 24 aromatic rings. The summed E-state index contributed by atoms with van der Waals surface area (Å²) in [5.74, 6) is 12.0. The van der Waals surface area contributed by atoms with E-state index in [-0.39, 0.29) is 0 Å². The van der Waals surface area contributed by atoms with Crippen molar-refractivity contribution in [1.82, 2.24) is 78.9 Å². The molecule has 24 rings (SSSR count). The number of thiazole rings is 1. The number of imidazole rings is 2. The minimum absolute atomic E-state index is 0.312. The molecule has 18 nitrogen and oxygen atoms in total. The molecule has 0 unspecified atom stereocenters. The molecule has 16 aromatic heterocycles. The highest BCUT2D eigenvalue weighted by atomic mass is 32.1. The summed E-state index contributed by atoms with van der Waals surface area (Å²) >= 11 is 3.75. The summed E-state index contributed by atoms with van der Waals surface area (Å²) in [5.41, 5.74) is 33.6. The number of H-pyrrole nitrogens is 10. The van der Waals surface area contributed by atoms with Crippen LogP contribution in [-0.4, -0.2) is 78.9 Å². The van der Waals surface area contributed by atoms with Crippen molar-refractivity contribution < 1.29 is 8.83 Å². The van der Waals surface area contributed by atoms with Crippen LogP contribution in [0.4, 0.5) is 0 Å². The van der Waals surface area contributed by atoms with Crippen LogP contribution in [0.5, 0.6) is 0 Å². The third-order valence-corrected chi connectivity index (χ3v) is 31.5. The fourth-order valence-electron chi connectivity index (χ4n) is 19.5. The molecule has 0 bridgehead atoms. The highest BCUT2D eigenvalue weighted by Gasteiger charge is 2.24. The van der Waals surface area contributed by atoms with Crippen molar-refractivity contribution in [1.29, 1.82) is 0 Å². The molecule has 0 spiro atoms. The molecule has 0 saturated heterocycles. The van der Waals surface area contributed by atoms with E-state index in [2.05, 4.69) is 463 Å². The quantitative estimate of drug-likeness (QED) is 0.0451. The summed E-state index contributed by atoms with van der Waals surface area (Å²) in [7, 11) is 4.28. The van der Waals surface area contributed by atoms with Crippen LogP contribution in [0.15, 0.2) is 179 Å². The number of nitrogens with one attached hydrogen (secondary N) is 10. The molecular weight excluding hydrogens is 1830 g/mol. The zero-order valence-corrected chi connectivity index (χ0v) is 94.4. The molecule has 0 aliphatic rings. The van der Waals surface area contributed by atoms with Gasteiger partial charge in [-0.3, -0.25) is 0 Å². The third-order valence-electron chi connectivity index (χ3n) is 28.6. The second-order valence-electron chi connectivity index (χ2n) is 45.6. The molecule has 0 amide bonds. The molecule has 8 aromatic carbocycles. The fraction of sp³-hybridized carbons (Fsp3) is 0.397. The van der Waals surface area contributed by atoms with Gasteiger partial charge < -0.3 is 67.8 Å². The Morgan fingerprint density at radius 1 is 0.240 bits per heavy atom. The van der Waals surface area contributed by atoms with E-state index in [9.17, 15) is 0 Å². The van der Waals surface area contributed by atoms with Crippen LogP contribution in [0.1, 0.15) is 406 Å². The first-order chi connectivity index (χ1) is 69.3. The Hall–Kier alpha value is -13.0. The van der Waals surface area contributed by atoms with Crippen molar-refractivity contribution in [3.05, 3.63) is 260 Å². The zero-order chi connectivity index (χ0) is 105. The number of thiophene rings is 1. The van der Waals surface area contributed by atoms with E-state index in [1.165, 1.54) is 185 Å². The summed E-state index contributed by atoms with van der Waals surface area (Å²) in [4.78, 5) is 55.5. The molecule has 16 heterocycles. The van der Waals surface area contributed by atoms with Crippen molar-refractivity contribution in [3.63, 3.8) is 0 Å².